The van der Waals surface area contributed by atoms with E-state index >= 15 is 0 Å². The van der Waals surface area contributed by atoms with Crippen molar-refractivity contribution in [1.29, 1.82) is 0 Å². The van der Waals surface area contributed by atoms with Crippen LogP contribution in [0.15, 0.2) is 75.8 Å². The van der Waals surface area contributed by atoms with Gasteiger partial charge in [-0.05, 0) is 80.5 Å². The number of aromatic hydroxyl groups is 1. The number of benzene rings is 2. The van der Waals surface area contributed by atoms with Gasteiger partial charge in [-0.25, -0.2) is 0 Å². The molecular weight excluding hydrogens is 677 g/mol. The molecular formula is C30H23BrINO6. The highest BCUT2D eigenvalue weighted by Crippen LogP contribution is 2.56. The highest BCUT2D eigenvalue weighted by atomic mass is 127. The molecule has 6 rings (SSSR count). The molecule has 1 saturated heterocycles. The van der Waals surface area contributed by atoms with Crippen LogP contribution in [0.5, 0.6) is 11.5 Å². The van der Waals surface area contributed by atoms with E-state index in [1.54, 1.807) is 12.1 Å². The molecule has 0 aromatic heterocycles. The van der Waals surface area contributed by atoms with Crippen LogP contribution in [0.4, 0.5) is 0 Å². The lowest BCUT2D eigenvalue weighted by Crippen LogP contribution is -2.39. The molecule has 0 bridgehead atoms. The molecule has 198 valence electrons. The minimum Gasteiger partial charge on any atom is -0.504 e. The minimum atomic E-state index is -0.622. The number of hydrogen-bond acceptors (Lipinski definition) is 6. The van der Waals surface area contributed by atoms with E-state index in [2.05, 4.69) is 15.9 Å². The lowest BCUT2D eigenvalue weighted by molar-refractivity contribution is -0.140. The molecule has 39 heavy (non-hydrogen) atoms. The van der Waals surface area contributed by atoms with E-state index < -0.39 is 23.7 Å². The van der Waals surface area contributed by atoms with Gasteiger partial charge >= 0.3 is 0 Å². The Morgan fingerprint density at radius 3 is 2.54 bits per heavy atom. The highest BCUT2D eigenvalue weighted by molar-refractivity contribution is 14.1. The number of amides is 2. The average Bonchev–Trinajstić information content (AvgIpc) is 3.17. The van der Waals surface area contributed by atoms with Crippen LogP contribution in [0.25, 0.3) is 0 Å². The van der Waals surface area contributed by atoms with Gasteiger partial charge in [0.25, 0.3) is 0 Å². The zero-order valence-corrected chi connectivity index (χ0v) is 24.6. The number of imide groups is 1. The maximum atomic E-state index is 13.9. The van der Waals surface area contributed by atoms with Crippen molar-refractivity contribution in [2.24, 2.45) is 17.8 Å². The number of allylic oxidation sites excluding steroid dienone is 6. The summed E-state index contributed by atoms with van der Waals surface area (Å²) in [6.45, 7) is 0.198. The van der Waals surface area contributed by atoms with E-state index in [1.807, 2.05) is 59.0 Å². The molecule has 3 aliphatic carbocycles. The van der Waals surface area contributed by atoms with Crippen LogP contribution >= 0.6 is 38.5 Å². The van der Waals surface area contributed by atoms with Gasteiger partial charge in [0.05, 0.1) is 33.5 Å². The van der Waals surface area contributed by atoms with Crippen LogP contribution < -0.4 is 4.74 Å². The number of fused-ring (bicyclic) bond motifs is 3. The van der Waals surface area contributed by atoms with E-state index in [-0.39, 0.29) is 52.3 Å². The van der Waals surface area contributed by atoms with E-state index in [1.165, 1.54) is 18.1 Å². The smallest absolute Gasteiger partial charge is 0.234 e. The number of hydrogen-bond donors (Lipinski definition) is 1. The summed E-state index contributed by atoms with van der Waals surface area (Å²) in [5.41, 5.74) is 3.15. The molecule has 7 nitrogen and oxygen atoms in total. The maximum Gasteiger partial charge on any atom is 0.234 e. The second kappa shape index (κ2) is 9.85. The standard InChI is InChI=1S/C30H23BrINO6/c1-39-23-10-15(9-21(32)28(23)36)24-16-7-8-17-25(18(16)11-19-26(24)22(34)12-20(31)27(19)35)30(38)33(29(17)37)13-14-5-3-2-4-6-14/h2-7,9-10,12,17-18,24-25,36H,8,11,13H2,1H3/t17-,18+,24-,25-/m0/s1. The number of likely N-dealkylation sites (tertiary alicyclic amines) is 1. The number of halogens is 2. The fraction of sp³-hybridized carbons (Fsp3) is 0.267. The normalized spacial score (nSPS) is 26.2. The zero-order chi connectivity index (χ0) is 27.6. The lowest BCUT2D eigenvalue weighted by atomic mass is 9.59. The van der Waals surface area contributed by atoms with Crippen molar-refractivity contribution in [1.82, 2.24) is 4.90 Å². The molecule has 2 aromatic carbocycles. The number of ether oxygens (including phenoxy) is 1. The zero-order valence-electron chi connectivity index (χ0n) is 20.8. The molecule has 0 saturated carbocycles. The highest BCUT2D eigenvalue weighted by Gasteiger charge is 2.56. The van der Waals surface area contributed by atoms with Crippen molar-refractivity contribution in [3.8, 4) is 11.5 Å². The number of carbonyl (C=O) groups is 4. The molecule has 1 fully saturated rings. The SMILES string of the molecule is COc1cc([C@H]2C3=CC[C@@H]4C(=O)N(Cc5ccccc5)C(=O)[C@@H]4[C@@H]3CC3=C2C(=O)C=C(Br)C3=O)cc(I)c1O. The third-order valence-electron chi connectivity index (χ3n) is 8.21. The predicted octanol–water partition coefficient (Wildman–Crippen LogP) is 4.97. The first-order valence-corrected chi connectivity index (χ1v) is 14.4. The molecule has 1 N–H and O–H groups in total. The number of phenols is 1. The van der Waals surface area contributed by atoms with Gasteiger partial charge < -0.3 is 9.84 Å². The number of phenolic OH excluding ortho intramolecular Hbond substituents is 1. The van der Waals surface area contributed by atoms with Gasteiger partial charge in [0.1, 0.15) is 0 Å². The Labute approximate surface area is 246 Å². The lowest BCUT2D eigenvalue weighted by Gasteiger charge is -2.42. The van der Waals surface area contributed by atoms with Crippen molar-refractivity contribution >= 4 is 61.9 Å². The summed E-state index contributed by atoms with van der Waals surface area (Å²) in [7, 11) is 1.45. The molecule has 1 heterocycles. The molecule has 9 heteroatoms. The summed E-state index contributed by atoms with van der Waals surface area (Å²) in [4.78, 5) is 55.4. The summed E-state index contributed by atoms with van der Waals surface area (Å²) in [5.74, 6) is -2.92. The van der Waals surface area contributed by atoms with E-state index in [0.717, 1.165) is 11.1 Å². The van der Waals surface area contributed by atoms with Crippen molar-refractivity contribution < 1.29 is 29.0 Å². The number of ketones is 2. The van der Waals surface area contributed by atoms with Gasteiger partial charge in [-0.15, -0.1) is 0 Å². The third kappa shape index (κ3) is 4.12. The monoisotopic (exact) mass is 699 g/mol. The van der Waals surface area contributed by atoms with Crippen LogP contribution in [0.3, 0.4) is 0 Å². The Hall–Kier alpha value is -3.05. The predicted molar refractivity (Wildman–Crippen MR) is 154 cm³/mol. The Balaban J connectivity index is 1.47. The van der Waals surface area contributed by atoms with E-state index in [0.29, 0.717) is 26.7 Å². The molecule has 2 aromatic rings. The van der Waals surface area contributed by atoms with Gasteiger partial charge in [0, 0.05) is 23.1 Å². The van der Waals surface area contributed by atoms with Crippen molar-refractivity contribution in [2.75, 3.05) is 7.11 Å². The number of Topliss-reactive ketones (excluding diaryl/α,β-unsaturated/α-hetero) is 1. The van der Waals surface area contributed by atoms with Gasteiger partial charge in [-0.3, -0.25) is 24.1 Å². The Bertz CT molecular complexity index is 1560. The number of nitrogens with zero attached hydrogens (tertiary/aromatic N) is 1. The second-order valence-electron chi connectivity index (χ2n) is 10.2. The second-order valence-corrected chi connectivity index (χ2v) is 12.2. The fourth-order valence-corrected chi connectivity index (χ4v) is 7.56. The average molecular weight is 700 g/mol. The molecule has 2 amide bonds. The summed E-state index contributed by atoms with van der Waals surface area (Å²) >= 11 is 5.25. The number of rotatable bonds is 4. The van der Waals surface area contributed by atoms with Gasteiger partial charge in [-0.1, -0.05) is 42.0 Å². The topological polar surface area (TPSA) is 101 Å². The summed E-state index contributed by atoms with van der Waals surface area (Å²) in [5, 5.41) is 10.5. The Kier molecular flexibility index (Phi) is 6.61. The largest absolute Gasteiger partial charge is 0.504 e. The Morgan fingerprint density at radius 1 is 1.08 bits per heavy atom. The van der Waals surface area contributed by atoms with Gasteiger partial charge in [-0.2, -0.15) is 0 Å². The molecule has 0 unspecified atom stereocenters. The molecule has 0 spiro atoms. The van der Waals surface area contributed by atoms with Crippen LogP contribution in [0.1, 0.15) is 29.9 Å². The van der Waals surface area contributed by atoms with E-state index in [9.17, 15) is 24.3 Å². The Morgan fingerprint density at radius 2 is 1.82 bits per heavy atom. The molecule has 0 radical (unpaired) electrons. The fourth-order valence-electron chi connectivity index (χ4n) is 6.49. The minimum absolute atomic E-state index is 0.0112. The quantitative estimate of drug-likeness (QED) is 0.210. The summed E-state index contributed by atoms with van der Waals surface area (Å²) < 4.78 is 6.12. The van der Waals surface area contributed by atoms with Crippen LogP contribution in [0, 0.1) is 21.3 Å². The van der Waals surface area contributed by atoms with Crippen molar-refractivity contribution in [3.05, 3.63) is 90.5 Å². The van der Waals surface area contributed by atoms with Crippen molar-refractivity contribution in [3.63, 3.8) is 0 Å². The van der Waals surface area contributed by atoms with Gasteiger partial charge in [0.2, 0.25) is 11.8 Å². The van der Waals surface area contributed by atoms with Crippen LogP contribution in [-0.2, 0) is 25.7 Å². The van der Waals surface area contributed by atoms with Crippen LogP contribution in [0.2, 0.25) is 0 Å². The first-order chi connectivity index (χ1) is 18.7. The maximum absolute atomic E-state index is 13.9. The van der Waals surface area contributed by atoms with Crippen LogP contribution in [-0.4, -0.2) is 40.5 Å². The molecule has 1 aliphatic heterocycles. The number of carbonyl (C=O) groups excluding carboxylic acids is 4. The molecule has 4 aliphatic rings. The molecule has 4 atom stereocenters. The van der Waals surface area contributed by atoms with E-state index in [4.69, 9.17) is 4.74 Å². The third-order valence-corrected chi connectivity index (χ3v) is 9.62. The number of methoxy groups -OCH3 is 1. The summed E-state index contributed by atoms with van der Waals surface area (Å²) in [6.07, 6.45) is 3.86. The van der Waals surface area contributed by atoms with Crippen molar-refractivity contribution in [2.45, 2.75) is 25.3 Å². The summed E-state index contributed by atoms with van der Waals surface area (Å²) in [6, 6.07) is 12.9. The first kappa shape index (κ1) is 26.2. The van der Waals surface area contributed by atoms with Gasteiger partial charge in [0.15, 0.2) is 23.1 Å². The first-order valence-electron chi connectivity index (χ1n) is 12.6.